The van der Waals surface area contributed by atoms with Crippen molar-refractivity contribution in [2.24, 2.45) is 5.73 Å². The Morgan fingerprint density at radius 3 is 2.41 bits per heavy atom. The number of carbonyl (C=O) groups is 3. The van der Waals surface area contributed by atoms with Crippen molar-refractivity contribution in [3.8, 4) is 0 Å². The van der Waals surface area contributed by atoms with Crippen LogP contribution in [0.1, 0.15) is 69.8 Å². The summed E-state index contributed by atoms with van der Waals surface area (Å²) in [4.78, 5) is 40.6. The number of nitrogens with one attached hydrogen (secondary N) is 1. The lowest BCUT2D eigenvalue weighted by atomic mass is 9.95. The highest BCUT2D eigenvalue weighted by Crippen LogP contribution is 2.34. The molecule has 1 fully saturated rings. The van der Waals surface area contributed by atoms with E-state index in [1.54, 1.807) is 43.3 Å². The van der Waals surface area contributed by atoms with Gasteiger partial charge in [0.1, 0.15) is 16.4 Å². The van der Waals surface area contributed by atoms with Gasteiger partial charge in [0.25, 0.3) is 17.7 Å². The van der Waals surface area contributed by atoms with Crippen LogP contribution in [0, 0.1) is 6.92 Å². The molecule has 1 aromatic carbocycles. The van der Waals surface area contributed by atoms with Crippen molar-refractivity contribution in [3.05, 3.63) is 64.6 Å². The lowest BCUT2D eigenvalue weighted by molar-refractivity contribution is -0.123. The molecule has 1 atom stereocenters. The molecule has 0 aliphatic heterocycles. The molecule has 0 saturated heterocycles. The lowest BCUT2D eigenvalue weighted by Gasteiger charge is -2.32. The van der Waals surface area contributed by atoms with Crippen molar-refractivity contribution in [1.82, 2.24) is 9.69 Å². The summed E-state index contributed by atoms with van der Waals surface area (Å²) < 4.78 is 9.80. The molecule has 4 rings (SSSR count). The predicted molar refractivity (Wildman–Crippen MR) is 129 cm³/mol. The van der Waals surface area contributed by atoms with E-state index < -0.39 is 17.9 Å². The zero-order chi connectivity index (χ0) is 24.2. The van der Waals surface area contributed by atoms with Crippen LogP contribution in [-0.2, 0) is 4.79 Å². The van der Waals surface area contributed by atoms with Crippen LogP contribution < -0.4 is 21.7 Å². The summed E-state index contributed by atoms with van der Waals surface area (Å²) in [6.07, 6.45) is 5.01. The molecule has 1 aliphatic rings. The number of para-hydroxylation sites is 1. The van der Waals surface area contributed by atoms with Crippen molar-refractivity contribution < 1.29 is 18.8 Å². The maximum absolute atomic E-state index is 13.9. The Morgan fingerprint density at radius 1 is 1.12 bits per heavy atom. The highest BCUT2D eigenvalue weighted by molar-refractivity contribution is 7.09. The number of hydrogen-bond acceptors (Lipinski definition) is 7. The van der Waals surface area contributed by atoms with E-state index in [-0.39, 0.29) is 28.2 Å². The van der Waals surface area contributed by atoms with Crippen molar-refractivity contribution in [2.75, 3.05) is 10.6 Å². The van der Waals surface area contributed by atoms with Crippen LogP contribution in [0.2, 0.25) is 0 Å². The number of primary amides is 1. The van der Waals surface area contributed by atoms with Crippen LogP contribution in [0.25, 0.3) is 0 Å². The number of aromatic nitrogens is 1. The molecule has 10 heteroatoms. The first kappa shape index (κ1) is 23.5. The third-order valence-corrected chi connectivity index (χ3v) is 6.75. The fraction of sp³-hybridized carbons (Fsp3) is 0.333. The summed E-state index contributed by atoms with van der Waals surface area (Å²) >= 11 is 0.771. The molecule has 1 saturated carbocycles. The first-order valence-electron chi connectivity index (χ1n) is 11.2. The Morgan fingerprint density at radius 2 is 1.82 bits per heavy atom. The first-order chi connectivity index (χ1) is 16.4. The molecule has 2 heterocycles. The standard InChI is InChI=1S/C24H27N5O4S/c1-14-12-13-17(33-14)20(23(31)27-15-8-4-2-5-9-15)29(16-10-6-3-7-11-16)24(32)21-18(25)19(22(26)30)28-34-21/h3,6-7,10-13,15,20H,2,4-5,8-9,25H2,1H3,(H2,26,30)(H,27,31). The maximum Gasteiger partial charge on any atom is 0.273 e. The van der Waals surface area contributed by atoms with E-state index in [1.165, 1.54) is 4.90 Å². The van der Waals surface area contributed by atoms with Crippen LogP contribution in [0.3, 0.4) is 0 Å². The number of aryl methyl sites for hydroxylation is 1. The minimum atomic E-state index is -1.09. The second-order valence-corrected chi connectivity index (χ2v) is 9.12. The van der Waals surface area contributed by atoms with Gasteiger partial charge in [-0.3, -0.25) is 19.3 Å². The van der Waals surface area contributed by atoms with Crippen molar-refractivity contribution in [1.29, 1.82) is 0 Å². The van der Waals surface area contributed by atoms with Crippen LogP contribution in [0.5, 0.6) is 0 Å². The van der Waals surface area contributed by atoms with Gasteiger partial charge in [-0.05, 0) is 55.6 Å². The van der Waals surface area contributed by atoms with E-state index in [0.29, 0.717) is 17.2 Å². The fourth-order valence-corrected chi connectivity index (χ4v) is 4.95. The summed E-state index contributed by atoms with van der Waals surface area (Å²) in [7, 11) is 0. The summed E-state index contributed by atoms with van der Waals surface area (Å²) in [5.74, 6) is -0.823. The second kappa shape index (κ2) is 10.1. The summed E-state index contributed by atoms with van der Waals surface area (Å²) in [6.45, 7) is 1.77. The lowest BCUT2D eigenvalue weighted by Crippen LogP contribution is -2.47. The largest absolute Gasteiger partial charge is 0.464 e. The van der Waals surface area contributed by atoms with Crippen LogP contribution in [0.4, 0.5) is 11.4 Å². The van der Waals surface area contributed by atoms with E-state index >= 15 is 0 Å². The molecule has 2 aromatic heterocycles. The van der Waals surface area contributed by atoms with Gasteiger partial charge in [-0.2, -0.15) is 4.37 Å². The molecule has 1 aliphatic carbocycles. The average Bonchev–Trinajstić information content (AvgIpc) is 3.43. The minimum Gasteiger partial charge on any atom is -0.464 e. The number of anilines is 2. The Balaban J connectivity index is 1.79. The second-order valence-electron chi connectivity index (χ2n) is 8.34. The molecule has 34 heavy (non-hydrogen) atoms. The molecule has 0 spiro atoms. The third-order valence-electron chi connectivity index (χ3n) is 5.90. The van der Waals surface area contributed by atoms with E-state index in [4.69, 9.17) is 15.9 Å². The van der Waals surface area contributed by atoms with Gasteiger partial charge >= 0.3 is 0 Å². The van der Waals surface area contributed by atoms with Gasteiger partial charge < -0.3 is 21.2 Å². The molecule has 1 unspecified atom stereocenters. The van der Waals surface area contributed by atoms with Gasteiger partial charge in [0, 0.05) is 11.7 Å². The third kappa shape index (κ3) is 4.81. The van der Waals surface area contributed by atoms with Gasteiger partial charge in [0.15, 0.2) is 11.7 Å². The normalized spacial score (nSPS) is 15.0. The summed E-state index contributed by atoms with van der Waals surface area (Å²) in [5.41, 5.74) is 11.6. The van der Waals surface area contributed by atoms with Crippen molar-refractivity contribution in [3.63, 3.8) is 0 Å². The molecular weight excluding hydrogens is 454 g/mol. The van der Waals surface area contributed by atoms with Gasteiger partial charge in [0.05, 0.1) is 5.69 Å². The van der Waals surface area contributed by atoms with Crippen molar-refractivity contribution in [2.45, 2.75) is 51.1 Å². The number of carbonyl (C=O) groups excluding carboxylic acids is 3. The van der Waals surface area contributed by atoms with Gasteiger partial charge in [-0.1, -0.05) is 37.5 Å². The zero-order valence-corrected chi connectivity index (χ0v) is 19.6. The Hall–Kier alpha value is -3.66. The average molecular weight is 482 g/mol. The van der Waals surface area contributed by atoms with E-state index in [0.717, 1.165) is 43.6 Å². The fourth-order valence-electron chi connectivity index (χ4n) is 4.21. The van der Waals surface area contributed by atoms with E-state index in [2.05, 4.69) is 9.69 Å². The highest BCUT2D eigenvalue weighted by Gasteiger charge is 2.38. The highest BCUT2D eigenvalue weighted by atomic mass is 32.1. The smallest absolute Gasteiger partial charge is 0.273 e. The number of benzene rings is 1. The van der Waals surface area contributed by atoms with Crippen LogP contribution in [0.15, 0.2) is 46.9 Å². The Labute approximate surface area is 201 Å². The molecule has 178 valence electrons. The van der Waals surface area contributed by atoms with Crippen LogP contribution in [-0.4, -0.2) is 28.1 Å². The van der Waals surface area contributed by atoms with E-state index in [9.17, 15) is 14.4 Å². The molecule has 0 bridgehead atoms. The summed E-state index contributed by atoms with van der Waals surface area (Å²) in [5, 5.41) is 3.11. The summed E-state index contributed by atoms with van der Waals surface area (Å²) in [6, 6.07) is 11.2. The topological polar surface area (TPSA) is 145 Å². The number of nitrogens with zero attached hydrogens (tertiary/aromatic N) is 2. The quantitative estimate of drug-likeness (QED) is 0.470. The number of furan rings is 1. The van der Waals surface area contributed by atoms with E-state index in [1.807, 2.05) is 6.07 Å². The van der Waals surface area contributed by atoms with Gasteiger partial charge in [-0.15, -0.1) is 0 Å². The molecule has 9 nitrogen and oxygen atoms in total. The Bertz CT molecular complexity index is 1180. The molecule has 3 amide bonds. The van der Waals surface area contributed by atoms with Crippen LogP contribution >= 0.6 is 11.5 Å². The number of nitrogen functional groups attached to an aromatic ring is 1. The minimum absolute atomic E-state index is 0.0244. The molecule has 5 N–H and O–H groups in total. The molecular formula is C24H27N5O4S. The van der Waals surface area contributed by atoms with Crippen molar-refractivity contribution >= 4 is 40.6 Å². The monoisotopic (exact) mass is 481 g/mol. The first-order valence-corrected chi connectivity index (χ1v) is 11.9. The number of rotatable bonds is 7. The number of hydrogen-bond donors (Lipinski definition) is 3. The number of nitrogens with two attached hydrogens (primary N) is 2. The zero-order valence-electron chi connectivity index (χ0n) is 18.8. The molecule has 3 aromatic rings. The predicted octanol–water partition coefficient (Wildman–Crippen LogP) is 3.56. The van der Waals surface area contributed by atoms with Gasteiger partial charge in [-0.25, -0.2) is 0 Å². The SMILES string of the molecule is Cc1ccc(C(C(=O)NC2CCCCC2)N(C(=O)c2snc(C(N)=O)c2N)c2ccccc2)o1. The molecule has 0 radical (unpaired) electrons. The maximum atomic E-state index is 13.9. The number of amides is 3. The van der Waals surface area contributed by atoms with Gasteiger partial charge in [0.2, 0.25) is 0 Å². The Kier molecular flexibility index (Phi) is 6.97.